The van der Waals surface area contributed by atoms with Crippen LogP contribution in [0.2, 0.25) is 5.02 Å². The Morgan fingerprint density at radius 3 is 2.06 bits per heavy atom. The smallest absolute Gasteiger partial charge is 0.198 e. The minimum absolute atomic E-state index is 0.330. The summed E-state index contributed by atoms with van der Waals surface area (Å²) in [5.74, 6) is -1.52. The summed E-state index contributed by atoms with van der Waals surface area (Å²) in [6.07, 6.45) is 0. The first-order chi connectivity index (χ1) is 8.06. The van der Waals surface area contributed by atoms with Crippen molar-refractivity contribution in [3.63, 3.8) is 0 Å². The van der Waals surface area contributed by atoms with Crippen LogP contribution in [0.25, 0.3) is 0 Å². The van der Waals surface area contributed by atoms with Gasteiger partial charge >= 0.3 is 0 Å². The molecule has 0 fully saturated rings. The van der Waals surface area contributed by atoms with E-state index in [2.05, 4.69) is 0 Å². The Kier molecular flexibility index (Phi) is 3.29. The van der Waals surface area contributed by atoms with Crippen molar-refractivity contribution in [2.24, 2.45) is 0 Å². The molecule has 1 nitrogen and oxygen atoms in total. The summed E-state index contributed by atoms with van der Waals surface area (Å²) in [7, 11) is 0. The number of rotatable bonds is 2. The fourth-order valence-electron chi connectivity index (χ4n) is 1.40. The molecule has 0 heterocycles. The fourth-order valence-corrected chi connectivity index (χ4v) is 1.53. The van der Waals surface area contributed by atoms with E-state index in [1.165, 1.54) is 12.1 Å². The highest BCUT2D eigenvalue weighted by molar-refractivity contribution is 6.30. The highest BCUT2D eigenvalue weighted by Crippen LogP contribution is 2.29. The monoisotopic (exact) mass is 254 g/mol. The van der Waals surface area contributed by atoms with Crippen LogP contribution in [0.3, 0.4) is 0 Å². The Bertz CT molecular complexity index is 515. The molecule has 0 atom stereocenters. The van der Waals surface area contributed by atoms with Crippen LogP contribution < -0.4 is 4.74 Å². The molecule has 0 amide bonds. The molecule has 0 radical (unpaired) electrons. The normalized spacial score (nSPS) is 10.4. The van der Waals surface area contributed by atoms with Crippen molar-refractivity contribution in [2.75, 3.05) is 0 Å². The van der Waals surface area contributed by atoms with Crippen molar-refractivity contribution in [3.05, 3.63) is 58.6 Å². The summed E-state index contributed by atoms with van der Waals surface area (Å²) >= 11 is 5.69. The lowest BCUT2D eigenvalue weighted by molar-refractivity contribution is 0.407. The molecular weight excluding hydrogens is 246 g/mol. The molecule has 2 aromatic carbocycles. The van der Waals surface area contributed by atoms with E-state index in [1.54, 1.807) is 31.2 Å². The predicted molar refractivity (Wildman–Crippen MR) is 62.6 cm³/mol. The lowest BCUT2D eigenvalue weighted by Gasteiger charge is -2.08. The van der Waals surface area contributed by atoms with E-state index in [-0.39, 0.29) is 0 Å². The lowest BCUT2D eigenvalue weighted by Crippen LogP contribution is -1.93. The SMILES string of the molecule is Cc1cc(F)c(Oc2ccc(Cl)cc2)c(F)c1. The van der Waals surface area contributed by atoms with Crippen LogP contribution in [0.5, 0.6) is 11.5 Å². The van der Waals surface area contributed by atoms with Gasteiger partial charge in [-0.2, -0.15) is 0 Å². The molecule has 2 aromatic rings. The van der Waals surface area contributed by atoms with Gasteiger partial charge in [0.2, 0.25) is 0 Å². The van der Waals surface area contributed by atoms with Crippen LogP contribution in [0.4, 0.5) is 8.78 Å². The zero-order chi connectivity index (χ0) is 12.4. The van der Waals surface area contributed by atoms with Gasteiger partial charge < -0.3 is 4.74 Å². The zero-order valence-electron chi connectivity index (χ0n) is 9.01. The maximum atomic E-state index is 13.5. The van der Waals surface area contributed by atoms with Crippen molar-refractivity contribution < 1.29 is 13.5 Å². The number of hydrogen-bond acceptors (Lipinski definition) is 1. The van der Waals surface area contributed by atoms with Crippen LogP contribution in [0.15, 0.2) is 36.4 Å². The lowest BCUT2D eigenvalue weighted by atomic mass is 10.2. The van der Waals surface area contributed by atoms with E-state index < -0.39 is 17.4 Å². The van der Waals surface area contributed by atoms with Gasteiger partial charge in [-0.25, -0.2) is 8.78 Å². The Morgan fingerprint density at radius 2 is 1.53 bits per heavy atom. The maximum absolute atomic E-state index is 13.5. The zero-order valence-corrected chi connectivity index (χ0v) is 9.76. The second kappa shape index (κ2) is 4.72. The Hall–Kier alpha value is -1.61. The Morgan fingerprint density at radius 1 is 1.00 bits per heavy atom. The summed E-state index contributed by atoms with van der Waals surface area (Å²) in [4.78, 5) is 0. The van der Waals surface area contributed by atoms with Crippen LogP contribution in [0.1, 0.15) is 5.56 Å². The molecule has 88 valence electrons. The molecule has 0 N–H and O–H groups in total. The summed E-state index contributed by atoms with van der Waals surface area (Å²) < 4.78 is 32.1. The second-order valence-electron chi connectivity index (χ2n) is 3.61. The molecule has 0 aliphatic carbocycles. The first-order valence-corrected chi connectivity index (χ1v) is 5.33. The first kappa shape index (κ1) is 11.9. The standard InChI is InChI=1S/C13H9ClF2O/c1-8-6-11(15)13(12(16)7-8)17-10-4-2-9(14)3-5-10/h2-7H,1H3. The van der Waals surface area contributed by atoms with E-state index in [4.69, 9.17) is 16.3 Å². The summed E-state index contributed by atoms with van der Waals surface area (Å²) in [6.45, 7) is 1.61. The summed E-state index contributed by atoms with van der Waals surface area (Å²) in [5, 5.41) is 0.530. The van der Waals surface area contributed by atoms with Crippen LogP contribution >= 0.6 is 11.6 Å². The number of benzene rings is 2. The molecule has 0 saturated carbocycles. The van der Waals surface area contributed by atoms with Crippen LogP contribution in [0, 0.1) is 18.6 Å². The van der Waals surface area contributed by atoms with Gasteiger partial charge in [0.05, 0.1) is 0 Å². The maximum Gasteiger partial charge on any atom is 0.198 e. The van der Waals surface area contributed by atoms with Crippen molar-refractivity contribution >= 4 is 11.6 Å². The van der Waals surface area contributed by atoms with Crippen molar-refractivity contribution in [1.29, 1.82) is 0 Å². The topological polar surface area (TPSA) is 9.23 Å². The largest absolute Gasteiger partial charge is 0.451 e. The van der Waals surface area contributed by atoms with E-state index in [9.17, 15) is 8.78 Å². The molecule has 0 aliphatic heterocycles. The average Bonchev–Trinajstić information content (AvgIpc) is 2.26. The summed E-state index contributed by atoms with van der Waals surface area (Å²) in [6, 6.07) is 8.69. The van der Waals surface area contributed by atoms with Crippen molar-refractivity contribution in [1.82, 2.24) is 0 Å². The van der Waals surface area contributed by atoms with Crippen LogP contribution in [-0.4, -0.2) is 0 Å². The summed E-state index contributed by atoms with van der Waals surface area (Å²) in [5.41, 5.74) is 0.503. The third-order valence-corrected chi connectivity index (χ3v) is 2.43. The van der Waals surface area contributed by atoms with Gasteiger partial charge in [0.15, 0.2) is 17.4 Å². The third-order valence-electron chi connectivity index (χ3n) is 2.18. The highest BCUT2D eigenvalue weighted by atomic mass is 35.5. The molecule has 0 saturated heterocycles. The van der Waals surface area contributed by atoms with Gasteiger partial charge in [-0.3, -0.25) is 0 Å². The first-order valence-electron chi connectivity index (χ1n) is 4.95. The van der Waals surface area contributed by atoms with Gasteiger partial charge in [0.25, 0.3) is 0 Å². The molecule has 2 rings (SSSR count). The van der Waals surface area contributed by atoms with Crippen LogP contribution in [-0.2, 0) is 0 Å². The van der Waals surface area contributed by atoms with Crippen molar-refractivity contribution in [3.8, 4) is 11.5 Å². The molecule has 0 spiro atoms. The van der Waals surface area contributed by atoms with Gasteiger partial charge in [0.1, 0.15) is 5.75 Å². The van der Waals surface area contributed by atoms with Gasteiger partial charge in [-0.1, -0.05) is 11.6 Å². The quantitative estimate of drug-likeness (QED) is 0.754. The average molecular weight is 255 g/mol. The van der Waals surface area contributed by atoms with Gasteiger partial charge in [0, 0.05) is 5.02 Å². The van der Waals surface area contributed by atoms with E-state index in [1.807, 2.05) is 0 Å². The number of aryl methyl sites for hydroxylation is 1. The molecule has 17 heavy (non-hydrogen) atoms. The number of hydrogen-bond donors (Lipinski definition) is 0. The molecule has 0 aromatic heterocycles. The number of ether oxygens (including phenoxy) is 1. The van der Waals surface area contributed by atoms with Gasteiger partial charge in [-0.15, -0.1) is 0 Å². The molecule has 0 unspecified atom stereocenters. The molecular formula is C13H9ClF2O. The third kappa shape index (κ3) is 2.74. The minimum atomic E-state index is -0.725. The molecule has 0 aliphatic rings. The Balaban J connectivity index is 2.33. The van der Waals surface area contributed by atoms with E-state index in [0.717, 1.165) is 0 Å². The Labute approximate surface area is 103 Å². The predicted octanol–water partition coefficient (Wildman–Crippen LogP) is 4.72. The molecule has 4 heteroatoms. The molecule has 0 bridgehead atoms. The minimum Gasteiger partial charge on any atom is -0.451 e. The van der Waals surface area contributed by atoms with Gasteiger partial charge in [-0.05, 0) is 48.9 Å². The van der Waals surface area contributed by atoms with E-state index >= 15 is 0 Å². The fraction of sp³-hybridized carbons (Fsp3) is 0.0769. The second-order valence-corrected chi connectivity index (χ2v) is 4.05. The van der Waals surface area contributed by atoms with E-state index in [0.29, 0.717) is 16.3 Å². The number of halogens is 3. The highest BCUT2D eigenvalue weighted by Gasteiger charge is 2.12. The van der Waals surface area contributed by atoms with Crippen molar-refractivity contribution in [2.45, 2.75) is 6.92 Å².